The predicted molar refractivity (Wildman–Crippen MR) is 48.5 cm³/mol. The summed E-state index contributed by atoms with van der Waals surface area (Å²) in [5, 5.41) is 20.0. The largest absolute Gasteiger partial charge is 0.710 e. The summed E-state index contributed by atoms with van der Waals surface area (Å²) in [5.41, 5.74) is 1.03. The van der Waals surface area contributed by atoms with Crippen molar-refractivity contribution in [2.75, 3.05) is 7.11 Å². The van der Waals surface area contributed by atoms with E-state index in [1.165, 1.54) is 0 Å². The van der Waals surface area contributed by atoms with Crippen molar-refractivity contribution in [2.24, 2.45) is 0 Å². The summed E-state index contributed by atoms with van der Waals surface area (Å²) in [4.78, 5) is 2.70. The summed E-state index contributed by atoms with van der Waals surface area (Å²) in [6, 6.07) is 6.73. The van der Waals surface area contributed by atoms with Gasteiger partial charge < -0.3 is 9.94 Å². The van der Waals surface area contributed by atoms with E-state index in [0.717, 1.165) is 0 Å². The Labute approximate surface area is 79.7 Å². The number of ether oxygens (including phenoxy) is 1. The number of benzene rings is 1. The molecule has 1 N–H and O–H groups in total. The van der Waals surface area contributed by atoms with E-state index in [2.05, 4.69) is 4.98 Å². The number of aromatic amines is 1. The number of H-pyrrole nitrogens is 1. The number of fused-ring (bicyclic) bond motifs is 1. The van der Waals surface area contributed by atoms with Gasteiger partial charge in [0.05, 0.1) is 7.11 Å². The van der Waals surface area contributed by atoms with Crippen molar-refractivity contribution in [1.82, 2.24) is 4.98 Å². The van der Waals surface area contributed by atoms with Crippen LogP contribution in [0.3, 0.4) is 0 Å². The maximum Gasteiger partial charge on any atom is 0.363 e. The first-order valence-electron chi connectivity index (χ1n) is 3.95. The third-order valence-electron chi connectivity index (χ3n) is 1.98. The summed E-state index contributed by atoms with van der Waals surface area (Å²) < 4.78 is 5.56. The van der Waals surface area contributed by atoms with Crippen LogP contribution in [0.2, 0.25) is 0 Å². The lowest BCUT2D eigenvalue weighted by Crippen LogP contribution is -2.27. The van der Waals surface area contributed by atoms with Crippen LogP contribution in [0, 0.1) is 16.5 Å². The Bertz CT molecular complexity index is 525. The Hall–Kier alpha value is -2.22. The van der Waals surface area contributed by atoms with Gasteiger partial charge in [0.2, 0.25) is 0 Å². The van der Waals surface area contributed by atoms with E-state index in [-0.39, 0.29) is 5.82 Å². The van der Waals surface area contributed by atoms with Gasteiger partial charge in [-0.05, 0) is 12.1 Å². The van der Waals surface area contributed by atoms with E-state index in [1.807, 2.05) is 0 Å². The molecule has 2 rings (SSSR count). The number of imidazole rings is 1. The molecule has 70 valence electrons. The molecule has 14 heavy (non-hydrogen) atoms. The topological polar surface area (TPSA) is 75.8 Å². The molecule has 2 aromatic rings. The maximum atomic E-state index is 11.4. The van der Waals surface area contributed by atoms with E-state index >= 15 is 0 Å². The summed E-state index contributed by atoms with van der Waals surface area (Å²) in [5.74, 6) is 0.622. The Morgan fingerprint density at radius 3 is 3.00 bits per heavy atom. The summed E-state index contributed by atoms with van der Waals surface area (Å²) >= 11 is 0. The lowest BCUT2D eigenvalue weighted by Gasteiger charge is -1.98. The third kappa shape index (κ3) is 1.05. The molecule has 0 radical (unpaired) electrons. The Morgan fingerprint density at radius 2 is 2.36 bits per heavy atom. The fraction of sp³-hybridized carbons (Fsp3) is 0.111. The molecule has 5 nitrogen and oxygen atoms in total. The second kappa shape index (κ2) is 2.92. The van der Waals surface area contributed by atoms with E-state index in [0.29, 0.717) is 21.5 Å². The number of rotatable bonds is 1. The SMILES string of the molecule is COc1ccc2c(c1)[nH]c(C#N)[n+]2[O-]. The van der Waals surface area contributed by atoms with Gasteiger partial charge in [0, 0.05) is 6.07 Å². The van der Waals surface area contributed by atoms with Crippen LogP contribution in [0.15, 0.2) is 18.2 Å². The van der Waals surface area contributed by atoms with Crippen LogP contribution in [-0.4, -0.2) is 12.1 Å². The van der Waals surface area contributed by atoms with Crippen LogP contribution in [0.1, 0.15) is 5.82 Å². The van der Waals surface area contributed by atoms with Crippen molar-refractivity contribution < 1.29 is 9.47 Å². The number of hydrogen-bond acceptors (Lipinski definition) is 3. The van der Waals surface area contributed by atoms with E-state index in [1.54, 1.807) is 31.4 Å². The van der Waals surface area contributed by atoms with Crippen LogP contribution in [0.25, 0.3) is 11.0 Å². The average Bonchev–Trinajstić information content (AvgIpc) is 2.55. The molecule has 0 aliphatic heterocycles. The average molecular weight is 189 g/mol. The van der Waals surface area contributed by atoms with Crippen LogP contribution in [0.4, 0.5) is 0 Å². The molecule has 0 aliphatic carbocycles. The van der Waals surface area contributed by atoms with Gasteiger partial charge in [0.25, 0.3) is 0 Å². The van der Waals surface area contributed by atoms with Crippen molar-refractivity contribution in [3.63, 3.8) is 0 Å². The van der Waals surface area contributed by atoms with Crippen molar-refractivity contribution in [1.29, 1.82) is 5.26 Å². The number of nitrogens with zero attached hydrogens (tertiary/aromatic N) is 2. The van der Waals surface area contributed by atoms with Crippen LogP contribution < -0.4 is 9.47 Å². The number of hydrogen-bond donors (Lipinski definition) is 1. The molecular weight excluding hydrogens is 182 g/mol. The minimum Gasteiger partial charge on any atom is -0.710 e. The number of nitriles is 1. The molecule has 0 atom stereocenters. The highest BCUT2D eigenvalue weighted by atomic mass is 16.5. The van der Waals surface area contributed by atoms with Gasteiger partial charge in [-0.2, -0.15) is 5.26 Å². The minimum absolute atomic E-state index is 0.0201. The summed E-state index contributed by atoms with van der Waals surface area (Å²) in [6.45, 7) is 0. The highest BCUT2D eigenvalue weighted by Gasteiger charge is 2.12. The van der Waals surface area contributed by atoms with Gasteiger partial charge in [-0.25, -0.2) is 9.71 Å². The van der Waals surface area contributed by atoms with Gasteiger partial charge in [-0.1, -0.05) is 0 Å². The van der Waals surface area contributed by atoms with Gasteiger partial charge in [-0.15, -0.1) is 0 Å². The molecule has 1 aromatic carbocycles. The first-order chi connectivity index (χ1) is 6.76. The summed E-state index contributed by atoms with van der Waals surface area (Å²) in [7, 11) is 1.54. The minimum atomic E-state index is -0.0201. The van der Waals surface area contributed by atoms with Crippen molar-refractivity contribution >= 4 is 11.0 Å². The molecule has 0 saturated carbocycles. The molecule has 1 aromatic heterocycles. The van der Waals surface area contributed by atoms with Crippen molar-refractivity contribution in [3.05, 3.63) is 29.2 Å². The van der Waals surface area contributed by atoms with Crippen LogP contribution in [-0.2, 0) is 0 Å². The first-order valence-corrected chi connectivity index (χ1v) is 3.95. The normalized spacial score (nSPS) is 10.0. The Morgan fingerprint density at radius 1 is 1.57 bits per heavy atom. The van der Waals surface area contributed by atoms with Crippen LogP contribution in [0.5, 0.6) is 5.75 Å². The standard InChI is InChI=1S/C9H7N3O2/c1-14-6-2-3-8-7(4-6)11-9(5-10)12(8)13/h2-4,11H,1H3. The van der Waals surface area contributed by atoms with E-state index in [9.17, 15) is 5.21 Å². The van der Waals surface area contributed by atoms with Gasteiger partial charge in [0.1, 0.15) is 5.75 Å². The number of nitrogens with one attached hydrogen (secondary N) is 1. The monoisotopic (exact) mass is 189 g/mol. The summed E-state index contributed by atoms with van der Waals surface area (Å²) in [6.07, 6.45) is 0. The third-order valence-corrected chi connectivity index (χ3v) is 1.98. The molecule has 5 heteroatoms. The van der Waals surface area contributed by atoms with E-state index in [4.69, 9.17) is 10.00 Å². The quantitative estimate of drug-likeness (QED) is 0.529. The predicted octanol–water partition coefficient (Wildman–Crippen LogP) is 0.682. The lowest BCUT2D eigenvalue weighted by molar-refractivity contribution is -0.579. The fourth-order valence-corrected chi connectivity index (χ4v) is 1.29. The zero-order valence-electron chi connectivity index (χ0n) is 7.44. The first kappa shape index (κ1) is 8.38. The number of methoxy groups -OCH3 is 1. The van der Waals surface area contributed by atoms with Gasteiger partial charge in [-0.3, -0.25) is 0 Å². The molecule has 0 saturated heterocycles. The van der Waals surface area contributed by atoms with Gasteiger partial charge >= 0.3 is 5.82 Å². The molecule has 0 aliphatic rings. The molecular formula is C9H7N3O2. The second-order valence-corrected chi connectivity index (χ2v) is 2.76. The zero-order chi connectivity index (χ0) is 10.1. The Kier molecular flexibility index (Phi) is 1.75. The maximum absolute atomic E-state index is 11.4. The van der Waals surface area contributed by atoms with Crippen molar-refractivity contribution in [3.8, 4) is 11.8 Å². The zero-order valence-corrected chi connectivity index (χ0v) is 7.44. The molecule has 0 unspecified atom stereocenters. The second-order valence-electron chi connectivity index (χ2n) is 2.76. The van der Waals surface area contributed by atoms with Gasteiger partial charge in [0.15, 0.2) is 17.1 Å². The Balaban J connectivity index is 2.74. The molecule has 0 fully saturated rings. The highest BCUT2D eigenvalue weighted by molar-refractivity contribution is 5.73. The van der Waals surface area contributed by atoms with E-state index < -0.39 is 0 Å². The van der Waals surface area contributed by atoms with Crippen molar-refractivity contribution in [2.45, 2.75) is 0 Å². The highest BCUT2D eigenvalue weighted by Crippen LogP contribution is 2.17. The molecule has 1 heterocycles. The molecule has 0 bridgehead atoms. The van der Waals surface area contributed by atoms with Crippen LogP contribution >= 0.6 is 0 Å². The lowest BCUT2D eigenvalue weighted by atomic mass is 10.3. The molecule has 0 amide bonds. The fourth-order valence-electron chi connectivity index (χ4n) is 1.29. The number of aromatic nitrogens is 2. The molecule has 0 spiro atoms. The smallest absolute Gasteiger partial charge is 0.363 e.